The molecule has 0 aliphatic rings. The van der Waals surface area contributed by atoms with Gasteiger partial charge in [0.05, 0.1) is 5.75 Å². The lowest BCUT2D eigenvalue weighted by atomic mass is 9.92. The van der Waals surface area contributed by atoms with Gasteiger partial charge in [-0.2, -0.15) is 0 Å². The fourth-order valence-electron chi connectivity index (χ4n) is 1.22. The van der Waals surface area contributed by atoms with Gasteiger partial charge in [0.25, 0.3) is 0 Å². The second-order valence-electron chi connectivity index (χ2n) is 5.23. The summed E-state index contributed by atoms with van der Waals surface area (Å²) in [7, 11) is 0. The first-order valence-electron chi connectivity index (χ1n) is 5.54. The van der Waals surface area contributed by atoms with Crippen molar-refractivity contribution in [2.45, 2.75) is 39.5 Å². The molecule has 1 rings (SSSR count). The van der Waals surface area contributed by atoms with Crippen molar-refractivity contribution < 1.29 is 4.79 Å². The summed E-state index contributed by atoms with van der Waals surface area (Å²) < 4.78 is 0. The van der Waals surface area contributed by atoms with Gasteiger partial charge >= 0.3 is 0 Å². The Kier molecular flexibility index (Phi) is 4.20. The summed E-state index contributed by atoms with van der Waals surface area (Å²) in [5.74, 6) is 0.867. The number of thioether (sulfide) groups is 1. The van der Waals surface area contributed by atoms with E-state index in [-0.39, 0.29) is 5.41 Å². The molecule has 1 aromatic carbocycles. The highest BCUT2D eigenvalue weighted by Gasteiger charge is 2.20. The standard InChI is InChI=1S/C14H20OS/c1-10-6-7-11(2)12(8-10)16-9-13(15)14(3,4)5/h6-8H,9H2,1-5H3. The molecule has 0 aliphatic carbocycles. The van der Waals surface area contributed by atoms with E-state index in [9.17, 15) is 4.79 Å². The first-order chi connectivity index (χ1) is 7.30. The first kappa shape index (κ1) is 13.3. The molecule has 16 heavy (non-hydrogen) atoms. The molecule has 0 saturated carbocycles. The van der Waals surface area contributed by atoms with Gasteiger partial charge in [-0.25, -0.2) is 0 Å². The predicted molar refractivity (Wildman–Crippen MR) is 71.1 cm³/mol. The number of rotatable bonds is 3. The molecule has 0 heterocycles. The average Bonchev–Trinajstić information content (AvgIpc) is 2.17. The molecular weight excluding hydrogens is 216 g/mol. The highest BCUT2D eigenvalue weighted by molar-refractivity contribution is 8.00. The fraction of sp³-hybridized carbons (Fsp3) is 0.500. The molecule has 0 radical (unpaired) electrons. The summed E-state index contributed by atoms with van der Waals surface area (Å²) in [4.78, 5) is 13.0. The minimum Gasteiger partial charge on any atom is -0.298 e. The molecule has 2 heteroatoms. The van der Waals surface area contributed by atoms with Gasteiger partial charge in [-0.15, -0.1) is 11.8 Å². The average molecular weight is 236 g/mol. The summed E-state index contributed by atoms with van der Waals surface area (Å²) >= 11 is 1.65. The molecular formula is C14H20OS. The normalized spacial score (nSPS) is 11.6. The lowest BCUT2D eigenvalue weighted by molar-refractivity contribution is -0.123. The van der Waals surface area contributed by atoms with Crippen LogP contribution in [0.1, 0.15) is 31.9 Å². The van der Waals surface area contributed by atoms with Crippen molar-refractivity contribution >= 4 is 17.5 Å². The maximum absolute atomic E-state index is 11.8. The van der Waals surface area contributed by atoms with Crippen LogP contribution < -0.4 is 0 Å². The van der Waals surface area contributed by atoms with Crippen LogP contribution in [0.5, 0.6) is 0 Å². The monoisotopic (exact) mass is 236 g/mol. The second kappa shape index (κ2) is 5.05. The molecule has 0 aromatic heterocycles. The number of benzene rings is 1. The fourth-order valence-corrected chi connectivity index (χ4v) is 2.51. The van der Waals surface area contributed by atoms with Gasteiger partial charge < -0.3 is 0 Å². The van der Waals surface area contributed by atoms with E-state index in [1.165, 1.54) is 16.0 Å². The van der Waals surface area contributed by atoms with Crippen LogP contribution in [0.15, 0.2) is 23.1 Å². The van der Waals surface area contributed by atoms with Crippen LogP contribution >= 0.6 is 11.8 Å². The van der Waals surface area contributed by atoms with Gasteiger partial charge in [-0.3, -0.25) is 4.79 Å². The van der Waals surface area contributed by atoms with E-state index in [2.05, 4.69) is 32.0 Å². The van der Waals surface area contributed by atoms with E-state index < -0.39 is 0 Å². The van der Waals surface area contributed by atoms with Crippen LogP contribution in [-0.2, 0) is 4.79 Å². The maximum Gasteiger partial charge on any atom is 0.148 e. The Labute approximate surface area is 103 Å². The Morgan fingerprint density at radius 3 is 2.44 bits per heavy atom. The van der Waals surface area contributed by atoms with E-state index in [0.29, 0.717) is 11.5 Å². The molecule has 0 aliphatic heterocycles. The molecule has 0 N–H and O–H groups in total. The SMILES string of the molecule is Cc1ccc(C)c(SCC(=O)C(C)(C)C)c1. The number of ketones is 1. The lowest BCUT2D eigenvalue weighted by Crippen LogP contribution is -2.21. The Bertz CT molecular complexity index is 388. The summed E-state index contributed by atoms with van der Waals surface area (Å²) in [6.45, 7) is 10.1. The number of carbonyl (C=O) groups excluding carboxylic acids is 1. The highest BCUT2D eigenvalue weighted by atomic mass is 32.2. The molecule has 0 atom stereocenters. The van der Waals surface area contributed by atoms with Gasteiger partial charge in [0.1, 0.15) is 5.78 Å². The van der Waals surface area contributed by atoms with Gasteiger partial charge in [0, 0.05) is 10.3 Å². The molecule has 0 saturated heterocycles. The smallest absolute Gasteiger partial charge is 0.148 e. The largest absolute Gasteiger partial charge is 0.298 e. The Morgan fingerprint density at radius 2 is 1.88 bits per heavy atom. The van der Waals surface area contributed by atoms with E-state index in [1.807, 2.05) is 20.8 Å². The van der Waals surface area contributed by atoms with Crippen molar-refractivity contribution in [2.75, 3.05) is 5.75 Å². The zero-order chi connectivity index (χ0) is 12.3. The van der Waals surface area contributed by atoms with Crippen molar-refractivity contribution in [3.8, 4) is 0 Å². The van der Waals surface area contributed by atoms with Crippen LogP contribution in [-0.4, -0.2) is 11.5 Å². The molecule has 0 fully saturated rings. The van der Waals surface area contributed by atoms with Crippen molar-refractivity contribution in [3.63, 3.8) is 0 Å². The van der Waals surface area contributed by atoms with Gasteiger partial charge in [-0.05, 0) is 25.5 Å². The van der Waals surface area contributed by atoms with Crippen molar-refractivity contribution in [1.29, 1.82) is 0 Å². The number of Topliss-reactive ketones (excluding diaryl/α,β-unsaturated/α-hetero) is 1. The quantitative estimate of drug-likeness (QED) is 0.738. The van der Waals surface area contributed by atoms with Crippen LogP contribution in [0.25, 0.3) is 0 Å². The third-order valence-corrected chi connectivity index (χ3v) is 3.70. The van der Waals surface area contributed by atoms with E-state index in [1.54, 1.807) is 11.8 Å². The minimum atomic E-state index is -0.231. The summed E-state index contributed by atoms with van der Waals surface area (Å²) in [6, 6.07) is 6.36. The Balaban J connectivity index is 2.68. The molecule has 0 bridgehead atoms. The van der Waals surface area contributed by atoms with Crippen LogP contribution in [0.3, 0.4) is 0 Å². The maximum atomic E-state index is 11.8. The van der Waals surface area contributed by atoms with Crippen LogP contribution in [0.4, 0.5) is 0 Å². The molecule has 0 unspecified atom stereocenters. The van der Waals surface area contributed by atoms with E-state index in [4.69, 9.17) is 0 Å². The predicted octanol–water partition coefficient (Wildman–Crippen LogP) is 4.01. The van der Waals surface area contributed by atoms with Gasteiger partial charge in [0.2, 0.25) is 0 Å². The number of aryl methyl sites for hydroxylation is 2. The zero-order valence-corrected chi connectivity index (χ0v) is 11.6. The molecule has 1 nitrogen and oxygen atoms in total. The van der Waals surface area contributed by atoms with Gasteiger partial charge in [-0.1, -0.05) is 38.5 Å². The summed E-state index contributed by atoms with van der Waals surface area (Å²) in [5, 5.41) is 0. The van der Waals surface area contributed by atoms with Crippen LogP contribution in [0, 0.1) is 19.3 Å². The van der Waals surface area contributed by atoms with Gasteiger partial charge in [0.15, 0.2) is 0 Å². The molecule has 0 spiro atoms. The third kappa shape index (κ3) is 3.67. The van der Waals surface area contributed by atoms with E-state index >= 15 is 0 Å². The molecule has 1 aromatic rings. The second-order valence-corrected chi connectivity index (χ2v) is 6.25. The lowest BCUT2D eigenvalue weighted by Gasteiger charge is -2.16. The third-order valence-electron chi connectivity index (χ3n) is 2.54. The van der Waals surface area contributed by atoms with Crippen molar-refractivity contribution in [3.05, 3.63) is 29.3 Å². The number of carbonyl (C=O) groups is 1. The number of hydrogen-bond acceptors (Lipinski definition) is 2. The number of hydrogen-bond donors (Lipinski definition) is 0. The Hall–Kier alpha value is -0.760. The van der Waals surface area contributed by atoms with E-state index in [0.717, 1.165) is 0 Å². The van der Waals surface area contributed by atoms with Crippen molar-refractivity contribution in [2.24, 2.45) is 5.41 Å². The molecule has 88 valence electrons. The summed E-state index contributed by atoms with van der Waals surface area (Å²) in [5.41, 5.74) is 2.26. The zero-order valence-electron chi connectivity index (χ0n) is 10.8. The highest BCUT2D eigenvalue weighted by Crippen LogP contribution is 2.26. The first-order valence-corrected chi connectivity index (χ1v) is 6.52. The Morgan fingerprint density at radius 1 is 1.25 bits per heavy atom. The van der Waals surface area contributed by atoms with Crippen molar-refractivity contribution in [1.82, 2.24) is 0 Å². The van der Waals surface area contributed by atoms with Crippen LogP contribution in [0.2, 0.25) is 0 Å². The topological polar surface area (TPSA) is 17.1 Å². The molecule has 0 amide bonds. The summed E-state index contributed by atoms with van der Waals surface area (Å²) in [6.07, 6.45) is 0. The minimum absolute atomic E-state index is 0.231.